The van der Waals surface area contributed by atoms with Gasteiger partial charge in [0, 0.05) is 33.7 Å². The van der Waals surface area contributed by atoms with Crippen LogP contribution < -0.4 is 9.80 Å². The summed E-state index contributed by atoms with van der Waals surface area (Å²) in [6, 6.07) is 49.2. The first-order chi connectivity index (χ1) is 40.5. The molecule has 83 heavy (non-hydrogen) atoms. The first-order valence-electron chi connectivity index (χ1n) is 30.7. The SMILES string of the molecule is C/C=C\C(=C/C)c1cc(N(c2ccc(C(C)C)cc2)c2cc3c(c4oc5ccccc5c24)-c2c(cc(N(C4=CC(C5C=CC=CC5)C(C)C=C4)c4ccc(C(C)C)cc4)c4c2C=CCC4)C3(C2=CC=CCC2)c2ccccc2C)ccc1C. The molecular weight excluding hydrogens is 1000 g/mol. The van der Waals surface area contributed by atoms with E-state index in [1.54, 1.807) is 0 Å². The summed E-state index contributed by atoms with van der Waals surface area (Å²) >= 11 is 0. The number of aryl methyl sites for hydroxylation is 2. The van der Waals surface area contributed by atoms with Gasteiger partial charge >= 0.3 is 0 Å². The van der Waals surface area contributed by atoms with Crippen LogP contribution in [0.3, 0.4) is 0 Å². The molecule has 0 saturated carbocycles. The zero-order valence-electron chi connectivity index (χ0n) is 50.0. The predicted molar refractivity (Wildman–Crippen MR) is 355 cm³/mol. The van der Waals surface area contributed by atoms with Crippen molar-refractivity contribution in [2.45, 2.75) is 112 Å². The Morgan fingerprint density at radius 2 is 1.34 bits per heavy atom. The summed E-state index contributed by atoms with van der Waals surface area (Å²) in [5.41, 5.74) is 26.0. The van der Waals surface area contributed by atoms with Gasteiger partial charge in [-0.05, 0) is 217 Å². The van der Waals surface area contributed by atoms with Crippen LogP contribution in [0.2, 0.25) is 0 Å². The minimum Gasteiger partial charge on any atom is -0.455 e. The minimum atomic E-state index is -0.729. The zero-order valence-corrected chi connectivity index (χ0v) is 50.0. The van der Waals surface area contributed by atoms with Crippen LogP contribution in [-0.2, 0) is 11.8 Å². The van der Waals surface area contributed by atoms with Crippen LogP contribution in [-0.4, -0.2) is 0 Å². The fourth-order valence-electron chi connectivity index (χ4n) is 14.6. The van der Waals surface area contributed by atoms with E-state index in [1.165, 1.54) is 95.0 Å². The van der Waals surface area contributed by atoms with Gasteiger partial charge in [0.05, 0.1) is 22.2 Å². The number of benzene rings is 7. The van der Waals surface area contributed by atoms with Gasteiger partial charge in [-0.2, -0.15) is 0 Å². The smallest absolute Gasteiger partial charge is 0.145 e. The third-order valence-corrected chi connectivity index (χ3v) is 18.9. The van der Waals surface area contributed by atoms with Gasteiger partial charge in [-0.3, -0.25) is 0 Å². The molecule has 5 aliphatic carbocycles. The van der Waals surface area contributed by atoms with E-state index < -0.39 is 5.41 Å². The summed E-state index contributed by atoms with van der Waals surface area (Å²) in [5.74, 6) is 1.96. The Labute approximate surface area is 493 Å². The molecular formula is C80H78N2O. The quantitative estimate of drug-likeness (QED) is 0.107. The van der Waals surface area contributed by atoms with Crippen molar-refractivity contribution in [2.75, 3.05) is 9.80 Å². The molecule has 1 aromatic heterocycles. The molecule has 0 spiro atoms. The van der Waals surface area contributed by atoms with E-state index in [0.29, 0.717) is 29.6 Å². The highest BCUT2D eigenvalue weighted by atomic mass is 16.3. The van der Waals surface area contributed by atoms with Crippen LogP contribution in [0.15, 0.2) is 228 Å². The van der Waals surface area contributed by atoms with Crippen molar-refractivity contribution in [1.82, 2.24) is 0 Å². The van der Waals surface area contributed by atoms with Crippen LogP contribution in [0.25, 0.3) is 44.7 Å². The van der Waals surface area contributed by atoms with Gasteiger partial charge in [0.25, 0.3) is 0 Å². The van der Waals surface area contributed by atoms with E-state index in [1.807, 2.05) is 0 Å². The summed E-state index contributed by atoms with van der Waals surface area (Å²) in [6.07, 6.45) is 40.2. The maximum Gasteiger partial charge on any atom is 0.145 e. The number of rotatable bonds is 13. The molecule has 0 radical (unpaired) electrons. The highest BCUT2D eigenvalue weighted by Crippen LogP contribution is 2.65. The van der Waals surface area contributed by atoms with Gasteiger partial charge in [0.2, 0.25) is 0 Å². The van der Waals surface area contributed by atoms with Gasteiger partial charge in [-0.25, -0.2) is 0 Å². The number of hydrogen-bond acceptors (Lipinski definition) is 3. The second-order valence-electron chi connectivity index (χ2n) is 24.5. The van der Waals surface area contributed by atoms with Crippen molar-refractivity contribution in [3.8, 4) is 11.1 Å². The van der Waals surface area contributed by atoms with Crippen molar-refractivity contribution in [1.29, 1.82) is 0 Å². The number of para-hydroxylation sites is 1. The Hall–Kier alpha value is -8.40. The lowest BCUT2D eigenvalue weighted by molar-refractivity contribution is 0.387. The third kappa shape index (κ3) is 9.10. The van der Waals surface area contributed by atoms with Gasteiger partial charge in [-0.15, -0.1) is 0 Å². The van der Waals surface area contributed by atoms with Crippen molar-refractivity contribution >= 4 is 62.0 Å². The fourth-order valence-corrected chi connectivity index (χ4v) is 14.6. The third-order valence-electron chi connectivity index (χ3n) is 18.9. The summed E-state index contributed by atoms with van der Waals surface area (Å²) in [5, 5.41) is 2.22. The molecule has 0 amide bonds. The number of anilines is 5. The molecule has 7 aromatic carbocycles. The van der Waals surface area contributed by atoms with Crippen LogP contribution in [0.5, 0.6) is 0 Å². The second kappa shape index (κ2) is 22.1. The minimum absolute atomic E-state index is 0.342. The Morgan fingerprint density at radius 3 is 2.04 bits per heavy atom. The zero-order chi connectivity index (χ0) is 57.1. The molecule has 0 bridgehead atoms. The van der Waals surface area contributed by atoms with Crippen LogP contribution in [0.1, 0.15) is 142 Å². The molecule has 0 fully saturated rings. The van der Waals surface area contributed by atoms with E-state index in [9.17, 15) is 0 Å². The fraction of sp³-hybridized carbons (Fsp3) is 0.250. The summed E-state index contributed by atoms with van der Waals surface area (Å²) in [7, 11) is 0. The Bertz CT molecular complexity index is 4140. The largest absolute Gasteiger partial charge is 0.455 e. The number of nitrogens with zero attached hydrogens (tertiary/aromatic N) is 2. The first kappa shape index (κ1) is 53.9. The van der Waals surface area contributed by atoms with Crippen molar-refractivity contribution in [2.24, 2.45) is 17.8 Å². The second-order valence-corrected chi connectivity index (χ2v) is 24.5. The molecule has 0 N–H and O–H groups in total. The molecule has 0 aliphatic heterocycles. The molecule has 3 heteroatoms. The average Bonchev–Trinajstić information content (AvgIpc) is 1.58. The van der Waals surface area contributed by atoms with Gasteiger partial charge in [0.1, 0.15) is 11.2 Å². The monoisotopic (exact) mass is 1080 g/mol. The molecule has 13 rings (SSSR count). The molecule has 8 aromatic rings. The van der Waals surface area contributed by atoms with Crippen LogP contribution >= 0.6 is 0 Å². The topological polar surface area (TPSA) is 19.6 Å². The van der Waals surface area contributed by atoms with Crippen molar-refractivity contribution in [3.63, 3.8) is 0 Å². The van der Waals surface area contributed by atoms with E-state index in [0.717, 1.165) is 71.1 Å². The molecule has 4 atom stereocenters. The highest BCUT2D eigenvalue weighted by molar-refractivity contribution is 6.20. The lowest BCUT2D eigenvalue weighted by atomic mass is 9.64. The standard InChI is InChI=1S/C80H78N2O/c1-10-24-56(11-2)68-47-64(42-35-53(68)7)82(62-45-39-58(40-46-62)52(5)6)74-50-72-78(79-77(74)67-32-21-23-34-75(67)83-79)76-66-31-20-19-30-65(66)73(49-71(76)80(72,60-28-16-13-17-29-60)70-33-22-18-25-55(70)9)81(61-43-37-57(38-44-61)51(3)4)63-41-36-54(8)69(48-63)59-26-14-12-15-27-59/h10-16,18,20-26,28,31-52,54,59,69H,17,19,27,29-30H2,1-9H3/b24-10-,56-11+. The molecule has 3 nitrogen and oxygen atoms in total. The maximum atomic E-state index is 7.64. The van der Waals surface area contributed by atoms with E-state index in [-0.39, 0.29) is 0 Å². The Morgan fingerprint density at radius 1 is 0.639 bits per heavy atom. The highest BCUT2D eigenvalue weighted by Gasteiger charge is 2.52. The molecule has 1 heterocycles. The van der Waals surface area contributed by atoms with E-state index in [4.69, 9.17) is 4.42 Å². The average molecular weight is 1080 g/mol. The molecule has 0 saturated heterocycles. The number of furan rings is 1. The first-order valence-corrected chi connectivity index (χ1v) is 30.7. The number of fused-ring (bicyclic) bond motifs is 9. The Kier molecular flexibility index (Phi) is 14.3. The van der Waals surface area contributed by atoms with Gasteiger partial charge in [0.15, 0.2) is 0 Å². The van der Waals surface area contributed by atoms with Crippen molar-refractivity contribution < 1.29 is 4.42 Å². The number of allylic oxidation sites excluding steroid dienone is 16. The maximum absolute atomic E-state index is 7.64. The van der Waals surface area contributed by atoms with E-state index in [2.05, 4.69) is 291 Å². The van der Waals surface area contributed by atoms with Crippen LogP contribution in [0, 0.1) is 31.6 Å². The van der Waals surface area contributed by atoms with Crippen LogP contribution in [0.4, 0.5) is 28.4 Å². The summed E-state index contributed by atoms with van der Waals surface area (Å²) in [6.45, 7) is 20.4. The lowest BCUT2D eigenvalue weighted by Crippen LogP contribution is -2.32. The molecule has 4 unspecified atom stereocenters. The molecule has 414 valence electrons. The van der Waals surface area contributed by atoms with E-state index >= 15 is 0 Å². The normalized spacial score (nSPS) is 19.9. The molecule has 5 aliphatic rings. The number of hydrogen-bond donors (Lipinski definition) is 0. The summed E-state index contributed by atoms with van der Waals surface area (Å²) in [4.78, 5) is 5.19. The lowest BCUT2D eigenvalue weighted by Gasteiger charge is -2.40. The Balaban J connectivity index is 1.18. The van der Waals surface area contributed by atoms with Gasteiger partial charge < -0.3 is 14.2 Å². The van der Waals surface area contributed by atoms with Crippen molar-refractivity contribution in [3.05, 3.63) is 279 Å². The van der Waals surface area contributed by atoms with Gasteiger partial charge in [-0.1, -0.05) is 198 Å². The summed E-state index contributed by atoms with van der Waals surface area (Å²) < 4.78 is 7.64. The predicted octanol–water partition coefficient (Wildman–Crippen LogP) is 22.4.